The minimum absolute atomic E-state index is 0.0440. The topological polar surface area (TPSA) is 3.24 Å². The Kier molecular flexibility index (Phi) is 5.17. The van der Waals surface area contributed by atoms with Crippen molar-refractivity contribution in [2.75, 3.05) is 18.4 Å². The molecule has 0 saturated heterocycles. The lowest BCUT2D eigenvalue weighted by atomic mass is 9.91. The zero-order valence-corrected chi connectivity index (χ0v) is 9.27. The molecule has 78 valence electrons. The van der Waals surface area contributed by atoms with Crippen LogP contribution in [0.4, 0.5) is 8.78 Å². The van der Waals surface area contributed by atoms with Crippen molar-refractivity contribution in [3.63, 3.8) is 0 Å². The summed E-state index contributed by atoms with van der Waals surface area (Å²) in [7, 11) is 0. The van der Waals surface area contributed by atoms with Crippen molar-refractivity contribution in [1.29, 1.82) is 0 Å². The molecule has 1 aliphatic carbocycles. The summed E-state index contributed by atoms with van der Waals surface area (Å²) in [5.74, 6) is 0. The van der Waals surface area contributed by atoms with Gasteiger partial charge in [0.1, 0.15) is 0 Å². The lowest BCUT2D eigenvalue weighted by Crippen LogP contribution is -2.43. The van der Waals surface area contributed by atoms with Crippen LogP contribution in [0, 0.1) is 0 Å². The van der Waals surface area contributed by atoms with Crippen LogP contribution in [0.25, 0.3) is 0 Å². The van der Waals surface area contributed by atoms with E-state index in [0.29, 0.717) is 6.04 Å². The van der Waals surface area contributed by atoms with Gasteiger partial charge in [-0.3, -0.25) is 4.90 Å². The van der Waals surface area contributed by atoms with Gasteiger partial charge in [-0.15, -0.1) is 0 Å². The van der Waals surface area contributed by atoms with Crippen molar-refractivity contribution < 1.29 is 8.78 Å². The number of hydrogen-bond acceptors (Lipinski definition) is 1. The van der Waals surface area contributed by atoms with Gasteiger partial charge in [-0.2, -0.15) is 0 Å². The first-order chi connectivity index (χ1) is 6.24. The molecule has 0 aromatic carbocycles. The number of halogens is 3. The summed E-state index contributed by atoms with van der Waals surface area (Å²) in [6, 6.07) is 0.438. The van der Waals surface area contributed by atoms with Crippen molar-refractivity contribution in [3.05, 3.63) is 0 Å². The second kappa shape index (κ2) is 5.91. The summed E-state index contributed by atoms with van der Waals surface area (Å²) >= 11 is 3.32. The van der Waals surface area contributed by atoms with Crippen LogP contribution in [0.2, 0.25) is 0 Å². The molecular weight excluding hydrogens is 240 g/mol. The van der Waals surface area contributed by atoms with Gasteiger partial charge in [-0.05, 0) is 25.8 Å². The maximum absolute atomic E-state index is 12.2. The molecule has 0 unspecified atom stereocenters. The van der Waals surface area contributed by atoms with E-state index in [1.807, 2.05) is 4.90 Å². The number of alkyl halides is 3. The third kappa shape index (κ3) is 3.90. The fourth-order valence-corrected chi connectivity index (χ4v) is 1.87. The molecular formula is C9H16BrF2N. The molecule has 4 heteroatoms. The molecule has 0 atom stereocenters. The van der Waals surface area contributed by atoms with E-state index in [9.17, 15) is 8.78 Å². The fraction of sp³-hybridized carbons (Fsp3) is 1.00. The summed E-state index contributed by atoms with van der Waals surface area (Å²) < 4.78 is 24.4. The van der Waals surface area contributed by atoms with Crippen molar-refractivity contribution in [1.82, 2.24) is 4.90 Å². The molecule has 0 amide bonds. The Balaban J connectivity index is 2.24. The molecule has 0 heterocycles. The van der Waals surface area contributed by atoms with E-state index in [4.69, 9.17) is 0 Å². The van der Waals surface area contributed by atoms with Crippen LogP contribution in [0.3, 0.4) is 0 Å². The maximum Gasteiger partial charge on any atom is 0.251 e. The Morgan fingerprint density at radius 1 is 1.38 bits per heavy atom. The van der Waals surface area contributed by atoms with Gasteiger partial charge in [0.15, 0.2) is 0 Å². The van der Waals surface area contributed by atoms with Crippen LogP contribution in [0.5, 0.6) is 0 Å². The third-order valence-corrected chi connectivity index (χ3v) is 3.10. The summed E-state index contributed by atoms with van der Waals surface area (Å²) in [6.45, 7) is 0.762. The van der Waals surface area contributed by atoms with Crippen molar-refractivity contribution >= 4 is 15.9 Å². The normalized spacial score (nSPS) is 18.2. The van der Waals surface area contributed by atoms with Crippen molar-refractivity contribution in [2.45, 2.75) is 38.2 Å². The predicted octanol–water partition coefficient (Wildman–Crippen LogP) is 2.89. The fourth-order valence-electron chi connectivity index (χ4n) is 1.61. The van der Waals surface area contributed by atoms with E-state index in [-0.39, 0.29) is 6.54 Å². The van der Waals surface area contributed by atoms with Crippen molar-refractivity contribution in [3.8, 4) is 0 Å². The Bertz CT molecular complexity index is 140. The highest BCUT2D eigenvalue weighted by molar-refractivity contribution is 9.09. The third-order valence-electron chi connectivity index (χ3n) is 2.54. The zero-order chi connectivity index (χ0) is 9.68. The van der Waals surface area contributed by atoms with Crippen LogP contribution in [-0.2, 0) is 0 Å². The molecule has 1 nitrogen and oxygen atoms in total. The van der Waals surface area contributed by atoms with E-state index in [0.717, 1.165) is 31.1 Å². The average Bonchev–Trinajstić information content (AvgIpc) is 1.95. The standard InChI is InChI=1S/C9H16BrF2N/c10-5-2-6-13(7-9(11)12)8-3-1-4-8/h8-9H,1-7H2. The maximum atomic E-state index is 12.2. The minimum atomic E-state index is -2.18. The monoisotopic (exact) mass is 255 g/mol. The Morgan fingerprint density at radius 3 is 2.46 bits per heavy atom. The van der Waals surface area contributed by atoms with E-state index < -0.39 is 6.43 Å². The lowest BCUT2D eigenvalue weighted by Gasteiger charge is -2.37. The van der Waals surface area contributed by atoms with E-state index in [1.165, 1.54) is 6.42 Å². The number of rotatable bonds is 6. The summed E-state index contributed by atoms with van der Waals surface area (Å²) in [4.78, 5) is 1.94. The molecule has 0 radical (unpaired) electrons. The Labute approximate surface area is 86.6 Å². The molecule has 1 aliphatic rings. The van der Waals surface area contributed by atoms with Crippen LogP contribution in [-0.4, -0.2) is 35.8 Å². The zero-order valence-electron chi connectivity index (χ0n) is 7.69. The highest BCUT2D eigenvalue weighted by atomic mass is 79.9. The van der Waals surface area contributed by atoms with Crippen LogP contribution in [0.15, 0.2) is 0 Å². The van der Waals surface area contributed by atoms with Crippen molar-refractivity contribution in [2.24, 2.45) is 0 Å². The Hall–Kier alpha value is 0.300. The van der Waals surface area contributed by atoms with Crippen LogP contribution >= 0.6 is 15.9 Å². The van der Waals surface area contributed by atoms with Gasteiger partial charge in [-0.1, -0.05) is 22.4 Å². The molecule has 0 spiro atoms. The SMILES string of the molecule is FC(F)CN(CCCBr)C1CCC1. The summed E-state index contributed by atoms with van der Waals surface area (Å²) in [5.41, 5.74) is 0. The van der Waals surface area contributed by atoms with Gasteiger partial charge in [0.2, 0.25) is 0 Å². The van der Waals surface area contributed by atoms with E-state index in [1.54, 1.807) is 0 Å². The second-order valence-electron chi connectivity index (χ2n) is 3.51. The summed E-state index contributed by atoms with van der Waals surface area (Å²) in [5, 5.41) is 0.902. The molecule has 1 rings (SSSR count). The van der Waals surface area contributed by atoms with Gasteiger partial charge >= 0.3 is 0 Å². The molecule has 0 N–H and O–H groups in total. The molecule has 1 saturated carbocycles. The smallest absolute Gasteiger partial charge is 0.251 e. The first-order valence-electron chi connectivity index (χ1n) is 4.82. The van der Waals surface area contributed by atoms with Gasteiger partial charge in [0.05, 0.1) is 6.54 Å². The van der Waals surface area contributed by atoms with Gasteiger partial charge in [0, 0.05) is 11.4 Å². The molecule has 0 aromatic rings. The van der Waals surface area contributed by atoms with E-state index in [2.05, 4.69) is 15.9 Å². The lowest BCUT2D eigenvalue weighted by molar-refractivity contribution is 0.0422. The quantitative estimate of drug-likeness (QED) is 0.660. The Morgan fingerprint density at radius 2 is 2.08 bits per heavy atom. The summed E-state index contributed by atoms with van der Waals surface area (Å²) in [6.07, 6.45) is 2.20. The van der Waals surface area contributed by atoms with Crippen LogP contribution < -0.4 is 0 Å². The van der Waals surface area contributed by atoms with Gasteiger partial charge in [0.25, 0.3) is 6.43 Å². The highest BCUT2D eigenvalue weighted by Crippen LogP contribution is 2.25. The second-order valence-corrected chi connectivity index (χ2v) is 4.31. The van der Waals surface area contributed by atoms with Gasteiger partial charge in [-0.25, -0.2) is 8.78 Å². The van der Waals surface area contributed by atoms with Gasteiger partial charge < -0.3 is 0 Å². The molecule has 1 fully saturated rings. The largest absolute Gasteiger partial charge is 0.295 e. The average molecular weight is 256 g/mol. The molecule has 0 aromatic heterocycles. The first kappa shape index (κ1) is 11.4. The van der Waals surface area contributed by atoms with E-state index >= 15 is 0 Å². The minimum Gasteiger partial charge on any atom is -0.295 e. The number of nitrogens with zero attached hydrogens (tertiary/aromatic N) is 1. The highest BCUT2D eigenvalue weighted by Gasteiger charge is 2.26. The predicted molar refractivity (Wildman–Crippen MR) is 53.6 cm³/mol. The molecule has 0 bridgehead atoms. The number of hydrogen-bond donors (Lipinski definition) is 0. The first-order valence-corrected chi connectivity index (χ1v) is 5.94. The molecule has 13 heavy (non-hydrogen) atoms. The molecule has 0 aliphatic heterocycles. The van der Waals surface area contributed by atoms with Crippen LogP contribution in [0.1, 0.15) is 25.7 Å².